The summed E-state index contributed by atoms with van der Waals surface area (Å²) in [6.07, 6.45) is 0. The molecule has 0 aliphatic heterocycles. The Labute approximate surface area is 102 Å². The van der Waals surface area contributed by atoms with Crippen molar-refractivity contribution < 1.29 is 25.8 Å². The molecule has 0 atom stereocenters. The molecule has 0 radical (unpaired) electrons. The van der Waals surface area contributed by atoms with Crippen molar-refractivity contribution >= 4 is 13.6 Å². The SMILES string of the molecule is CCOCCOc1c[c-]ccc1.[Zn+][Br]. The number of halogens is 1. The van der Waals surface area contributed by atoms with E-state index in [1.54, 1.807) is 0 Å². The first-order chi connectivity index (χ1) is 6.93. The van der Waals surface area contributed by atoms with Crippen molar-refractivity contribution in [2.24, 2.45) is 0 Å². The van der Waals surface area contributed by atoms with Gasteiger partial charge in [-0.1, -0.05) is 0 Å². The minimum atomic E-state index is 0.603. The zero-order valence-corrected chi connectivity index (χ0v) is 12.9. The van der Waals surface area contributed by atoms with Crippen molar-refractivity contribution in [3.05, 3.63) is 30.3 Å². The molecule has 0 saturated carbocycles. The summed E-state index contributed by atoms with van der Waals surface area (Å²) >= 11 is 4.25. The summed E-state index contributed by atoms with van der Waals surface area (Å²) < 4.78 is 10.5. The van der Waals surface area contributed by atoms with E-state index in [1.807, 2.05) is 31.2 Å². The number of hydrogen-bond acceptors (Lipinski definition) is 2. The molecular weight excluding hydrogens is 297 g/mol. The molecule has 1 aromatic rings. The molecule has 0 unspecified atom stereocenters. The van der Waals surface area contributed by atoms with Gasteiger partial charge in [0.1, 0.15) is 0 Å². The molecule has 0 bridgehead atoms. The predicted octanol–water partition coefficient (Wildman–Crippen LogP) is 2.75. The molecule has 0 N–H and O–H groups in total. The number of benzene rings is 1. The Kier molecular flexibility index (Phi) is 11.2. The van der Waals surface area contributed by atoms with Gasteiger partial charge < -0.3 is 9.47 Å². The fourth-order valence-corrected chi connectivity index (χ4v) is 0.829. The monoisotopic (exact) mass is 308 g/mol. The van der Waals surface area contributed by atoms with Crippen LogP contribution in [0, 0.1) is 6.07 Å². The molecule has 0 spiro atoms. The maximum atomic E-state index is 5.35. The second-order valence-electron chi connectivity index (χ2n) is 2.28. The maximum absolute atomic E-state index is 5.35. The Morgan fingerprint density at radius 3 is 2.79 bits per heavy atom. The van der Waals surface area contributed by atoms with E-state index in [9.17, 15) is 0 Å². The van der Waals surface area contributed by atoms with E-state index < -0.39 is 0 Å². The molecular formula is C10H13BrO2Zn. The number of ether oxygens (including phenoxy) is 2. The third-order valence-electron chi connectivity index (χ3n) is 1.38. The molecule has 14 heavy (non-hydrogen) atoms. The summed E-state index contributed by atoms with van der Waals surface area (Å²) in [7, 11) is 0. The fourth-order valence-electron chi connectivity index (χ4n) is 0.829. The Morgan fingerprint density at radius 2 is 2.21 bits per heavy atom. The summed E-state index contributed by atoms with van der Waals surface area (Å²) in [6, 6.07) is 10.4. The normalized spacial score (nSPS) is 8.86. The second-order valence-corrected chi connectivity index (χ2v) is 2.28. The zero-order valence-electron chi connectivity index (χ0n) is 8.33. The van der Waals surface area contributed by atoms with Gasteiger partial charge in [-0.15, -0.1) is 12.1 Å². The minimum absolute atomic E-state index is 0.603. The van der Waals surface area contributed by atoms with Gasteiger partial charge in [0.25, 0.3) is 0 Å². The molecule has 74 valence electrons. The molecule has 0 aromatic heterocycles. The second kappa shape index (κ2) is 11.2. The van der Waals surface area contributed by atoms with Gasteiger partial charge in [-0.3, -0.25) is 0 Å². The van der Waals surface area contributed by atoms with E-state index in [0.29, 0.717) is 13.2 Å². The van der Waals surface area contributed by atoms with Gasteiger partial charge in [0, 0.05) is 12.4 Å². The zero-order chi connectivity index (χ0) is 10.6. The van der Waals surface area contributed by atoms with Crippen LogP contribution in [-0.4, -0.2) is 19.8 Å². The Hall–Kier alpha value is 0.0834. The van der Waals surface area contributed by atoms with Crippen LogP contribution in [0.5, 0.6) is 5.75 Å². The van der Waals surface area contributed by atoms with Crippen molar-refractivity contribution in [3.8, 4) is 5.75 Å². The van der Waals surface area contributed by atoms with E-state index in [1.165, 1.54) is 16.3 Å². The van der Waals surface area contributed by atoms with Gasteiger partial charge in [0.2, 0.25) is 0 Å². The summed E-state index contributed by atoms with van der Waals surface area (Å²) in [6.45, 7) is 3.96. The average Bonchev–Trinajstić information content (AvgIpc) is 2.29. The van der Waals surface area contributed by atoms with E-state index in [-0.39, 0.29) is 0 Å². The van der Waals surface area contributed by atoms with Crippen LogP contribution in [-0.2, 0) is 21.1 Å². The topological polar surface area (TPSA) is 18.5 Å². The van der Waals surface area contributed by atoms with E-state index in [0.717, 1.165) is 12.4 Å². The molecule has 1 aromatic carbocycles. The van der Waals surface area contributed by atoms with Gasteiger partial charge in [0.15, 0.2) is 0 Å². The quantitative estimate of drug-likeness (QED) is 0.473. The van der Waals surface area contributed by atoms with Gasteiger partial charge in [-0.05, 0) is 6.92 Å². The van der Waals surface area contributed by atoms with Crippen LogP contribution >= 0.6 is 13.6 Å². The van der Waals surface area contributed by atoms with Crippen LogP contribution in [0.4, 0.5) is 0 Å². The van der Waals surface area contributed by atoms with Crippen molar-refractivity contribution in [1.82, 2.24) is 0 Å². The number of rotatable bonds is 5. The van der Waals surface area contributed by atoms with Crippen molar-refractivity contribution in [2.45, 2.75) is 6.92 Å². The van der Waals surface area contributed by atoms with Crippen LogP contribution < -0.4 is 4.74 Å². The molecule has 0 aliphatic carbocycles. The first-order valence-corrected chi connectivity index (χ1v) is 11.3. The third kappa shape index (κ3) is 7.48. The third-order valence-corrected chi connectivity index (χ3v) is 1.38. The summed E-state index contributed by atoms with van der Waals surface area (Å²) in [4.78, 5) is 0. The van der Waals surface area contributed by atoms with Crippen LogP contribution in [0.3, 0.4) is 0 Å². The Balaban J connectivity index is 0.000000791. The van der Waals surface area contributed by atoms with Crippen LogP contribution in [0.1, 0.15) is 6.92 Å². The molecule has 1 rings (SSSR count). The first kappa shape index (κ1) is 14.1. The summed E-state index contributed by atoms with van der Waals surface area (Å²) in [5, 5.41) is 0. The van der Waals surface area contributed by atoms with Gasteiger partial charge in [0.05, 0.1) is 13.2 Å². The Morgan fingerprint density at radius 1 is 1.43 bits per heavy atom. The molecule has 4 heteroatoms. The predicted molar refractivity (Wildman–Crippen MR) is 56.2 cm³/mol. The van der Waals surface area contributed by atoms with Gasteiger partial charge in [-0.25, -0.2) is 0 Å². The molecule has 2 nitrogen and oxygen atoms in total. The van der Waals surface area contributed by atoms with Crippen molar-refractivity contribution in [2.75, 3.05) is 19.8 Å². The first-order valence-electron chi connectivity index (χ1n) is 4.37. The average molecular weight is 311 g/mol. The van der Waals surface area contributed by atoms with Crippen LogP contribution in [0.25, 0.3) is 0 Å². The van der Waals surface area contributed by atoms with E-state index in [2.05, 4.69) is 19.7 Å². The summed E-state index contributed by atoms with van der Waals surface area (Å²) in [5.41, 5.74) is 0. The molecule has 0 aliphatic rings. The van der Waals surface area contributed by atoms with Gasteiger partial charge in [-0.2, -0.15) is 18.2 Å². The fraction of sp³-hybridized carbons (Fsp3) is 0.400. The number of hydrogen-bond donors (Lipinski definition) is 0. The van der Waals surface area contributed by atoms with Gasteiger partial charge >= 0.3 is 30.0 Å². The van der Waals surface area contributed by atoms with Crippen LogP contribution in [0.2, 0.25) is 0 Å². The molecule has 0 saturated heterocycles. The molecule has 0 amide bonds. The standard InChI is InChI=1S/C10H13O2.BrH.Zn/c1-2-11-8-9-12-10-6-4-3-5-7-10;;/h3-4,6-7H,2,8-9H2,1H3;1H;/q-1;;+2/p-1. The van der Waals surface area contributed by atoms with Crippen molar-refractivity contribution in [1.29, 1.82) is 0 Å². The van der Waals surface area contributed by atoms with Crippen LogP contribution in [0.15, 0.2) is 24.3 Å². The van der Waals surface area contributed by atoms with E-state index >= 15 is 0 Å². The summed E-state index contributed by atoms with van der Waals surface area (Å²) in [5.74, 6) is 0.845. The Bertz CT molecular complexity index is 207. The van der Waals surface area contributed by atoms with Crippen molar-refractivity contribution in [3.63, 3.8) is 0 Å². The molecule has 0 heterocycles. The van der Waals surface area contributed by atoms with E-state index in [4.69, 9.17) is 9.47 Å². The molecule has 0 fully saturated rings.